The summed E-state index contributed by atoms with van der Waals surface area (Å²) in [6.07, 6.45) is 10.2. The molecular weight excluding hydrogens is 328 g/mol. The molecule has 2 heterocycles. The van der Waals surface area contributed by atoms with E-state index in [4.69, 9.17) is 14.2 Å². The van der Waals surface area contributed by atoms with E-state index in [1.54, 1.807) is 0 Å². The maximum atomic E-state index is 11.8. The van der Waals surface area contributed by atoms with E-state index in [2.05, 4.69) is 20.8 Å². The summed E-state index contributed by atoms with van der Waals surface area (Å²) in [5.41, 5.74) is -0.855. The highest BCUT2D eigenvalue weighted by Crippen LogP contribution is 2.55. The van der Waals surface area contributed by atoms with E-state index >= 15 is 0 Å². The van der Waals surface area contributed by atoms with E-state index in [1.807, 2.05) is 0 Å². The van der Waals surface area contributed by atoms with Crippen LogP contribution >= 0.6 is 0 Å². The minimum absolute atomic E-state index is 0.134. The Balaban J connectivity index is 1.50. The quantitative estimate of drug-likeness (QED) is 0.799. The van der Waals surface area contributed by atoms with Gasteiger partial charge in [-0.05, 0) is 63.2 Å². The predicted octanol–water partition coefficient (Wildman–Crippen LogP) is 4.49. The van der Waals surface area contributed by atoms with Gasteiger partial charge in [0.1, 0.15) is 5.60 Å². The summed E-state index contributed by atoms with van der Waals surface area (Å²) >= 11 is 0. The molecule has 0 amide bonds. The monoisotopic (exact) mass is 366 g/mol. The van der Waals surface area contributed by atoms with Gasteiger partial charge in [0.15, 0.2) is 12.6 Å². The number of aliphatic hydroxyl groups is 1. The third-order valence-electron chi connectivity index (χ3n) is 7.97. The van der Waals surface area contributed by atoms with Gasteiger partial charge < -0.3 is 19.3 Å². The van der Waals surface area contributed by atoms with Crippen LogP contribution in [0.2, 0.25) is 0 Å². The largest absolute Gasteiger partial charge is 0.384 e. The molecule has 0 radical (unpaired) electrons. The molecule has 3 unspecified atom stereocenters. The average molecular weight is 367 g/mol. The molecule has 8 atom stereocenters. The second-order valence-electron chi connectivity index (χ2n) is 9.71. The lowest BCUT2D eigenvalue weighted by Crippen LogP contribution is -2.66. The van der Waals surface area contributed by atoms with E-state index in [9.17, 15) is 5.11 Å². The van der Waals surface area contributed by atoms with Crippen molar-refractivity contribution in [2.24, 2.45) is 29.6 Å². The van der Waals surface area contributed by atoms with Crippen molar-refractivity contribution in [2.75, 3.05) is 6.61 Å². The Morgan fingerprint density at radius 1 is 0.885 bits per heavy atom. The van der Waals surface area contributed by atoms with Crippen molar-refractivity contribution in [3.63, 3.8) is 0 Å². The summed E-state index contributed by atoms with van der Waals surface area (Å²) in [5, 5.41) is 11.8. The third-order valence-corrected chi connectivity index (χ3v) is 7.97. The Labute approximate surface area is 159 Å². The van der Waals surface area contributed by atoms with Crippen molar-refractivity contribution in [3.05, 3.63) is 0 Å². The highest BCUT2D eigenvalue weighted by molar-refractivity contribution is 5.06. The zero-order valence-corrected chi connectivity index (χ0v) is 16.9. The van der Waals surface area contributed by atoms with Gasteiger partial charge in [-0.15, -0.1) is 0 Å². The second-order valence-corrected chi connectivity index (χ2v) is 9.71. The molecule has 2 aliphatic heterocycles. The minimum Gasteiger partial charge on any atom is -0.384 e. The first-order chi connectivity index (χ1) is 12.5. The van der Waals surface area contributed by atoms with E-state index in [1.165, 1.54) is 38.5 Å². The van der Waals surface area contributed by atoms with Gasteiger partial charge >= 0.3 is 0 Å². The molecule has 0 spiro atoms. The van der Waals surface area contributed by atoms with Crippen LogP contribution in [0.15, 0.2) is 0 Å². The smallest absolute Gasteiger partial charge is 0.190 e. The van der Waals surface area contributed by atoms with Crippen LogP contribution in [0, 0.1) is 29.6 Å². The molecule has 2 saturated carbocycles. The van der Waals surface area contributed by atoms with Crippen LogP contribution in [0.3, 0.4) is 0 Å². The topological polar surface area (TPSA) is 47.9 Å². The lowest BCUT2D eigenvalue weighted by atomic mass is 9.58. The van der Waals surface area contributed by atoms with E-state index in [0.29, 0.717) is 11.8 Å². The zero-order chi connectivity index (χ0) is 18.3. The van der Waals surface area contributed by atoms with Crippen molar-refractivity contribution >= 4 is 0 Å². The minimum atomic E-state index is -0.855. The summed E-state index contributed by atoms with van der Waals surface area (Å²) in [6.45, 7) is 7.41. The third kappa shape index (κ3) is 3.36. The number of ether oxygens (including phenoxy) is 3. The summed E-state index contributed by atoms with van der Waals surface area (Å²) in [4.78, 5) is 0. The first-order valence-electron chi connectivity index (χ1n) is 11.1. The Morgan fingerprint density at radius 3 is 2.38 bits per heavy atom. The molecule has 4 nitrogen and oxygen atoms in total. The number of hydrogen-bond acceptors (Lipinski definition) is 4. The van der Waals surface area contributed by atoms with Crippen molar-refractivity contribution in [1.29, 1.82) is 0 Å². The second kappa shape index (κ2) is 7.69. The van der Waals surface area contributed by atoms with Crippen LogP contribution in [-0.4, -0.2) is 36.0 Å². The maximum Gasteiger partial charge on any atom is 0.190 e. The summed E-state index contributed by atoms with van der Waals surface area (Å²) in [7, 11) is 0. The van der Waals surface area contributed by atoms with Crippen molar-refractivity contribution < 1.29 is 19.3 Å². The molecule has 0 bridgehead atoms. The Kier molecular flexibility index (Phi) is 5.67. The van der Waals surface area contributed by atoms with E-state index < -0.39 is 11.9 Å². The molecule has 0 aromatic rings. The lowest BCUT2D eigenvalue weighted by Gasteiger charge is -2.57. The van der Waals surface area contributed by atoms with Crippen LogP contribution in [0.4, 0.5) is 0 Å². The first kappa shape index (κ1) is 19.2. The molecule has 4 heteroatoms. The van der Waals surface area contributed by atoms with Gasteiger partial charge in [-0.2, -0.15) is 0 Å². The highest BCUT2D eigenvalue weighted by Gasteiger charge is 2.62. The van der Waals surface area contributed by atoms with Crippen molar-refractivity contribution in [2.45, 2.75) is 103 Å². The first-order valence-corrected chi connectivity index (χ1v) is 11.1. The standard InChI is InChI=1S/C22H38O4/c1-14-9-11-19-16(3)20(24-13-17-7-5-4-6-8-17)26-21-22(19,23)18(14)12-10-15(2)25-21/h14-21,23H,4-13H2,1-3H3/t14-,15+,16-,18?,19?,20?,21+,22-/m1/s1. The average Bonchev–Trinajstić information content (AvgIpc) is 2.76. The molecule has 4 aliphatic rings. The maximum absolute atomic E-state index is 11.8. The fourth-order valence-corrected chi connectivity index (χ4v) is 6.31. The normalized spacial score (nSPS) is 50.1. The highest BCUT2D eigenvalue weighted by atomic mass is 16.8. The van der Waals surface area contributed by atoms with Gasteiger partial charge in [-0.25, -0.2) is 0 Å². The molecule has 150 valence electrons. The number of hydrogen-bond donors (Lipinski definition) is 1. The lowest BCUT2D eigenvalue weighted by molar-refractivity contribution is -0.383. The van der Waals surface area contributed by atoms with Crippen LogP contribution < -0.4 is 0 Å². The molecule has 26 heavy (non-hydrogen) atoms. The van der Waals surface area contributed by atoms with Crippen LogP contribution in [0.1, 0.15) is 78.6 Å². The number of rotatable bonds is 3. The van der Waals surface area contributed by atoms with E-state index in [0.717, 1.165) is 25.9 Å². The summed E-state index contributed by atoms with van der Waals surface area (Å²) in [6, 6.07) is 0. The van der Waals surface area contributed by atoms with Crippen LogP contribution in [0.5, 0.6) is 0 Å². The van der Waals surface area contributed by atoms with Gasteiger partial charge in [0.05, 0.1) is 12.7 Å². The predicted molar refractivity (Wildman–Crippen MR) is 100 cm³/mol. The molecule has 1 N–H and O–H groups in total. The molecule has 0 aromatic carbocycles. The van der Waals surface area contributed by atoms with Gasteiger partial charge in [-0.3, -0.25) is 0 Å². The fourth-order valence-electron chi connectivity index (χ4n) is 6.31. The van der Waals surface area contributed by atoms with E-state index in [-0.39, 0.29) is 30.1 Å². The van der Waals surface area contributed by atoms with Gasteiger partial charge in [0, 0.05) is 11.8 Å². The molecule has 2 aliphatic carbocycles. The van der Waals surface area contributed by atoms with Crippen molar-refractivity contribution in [3.8, 4) is 0 Å². The SMILES string of the molecule is C[C@H]1C(OCC2CCCCC2)O[C@@H]2O[C@@H](C)CCC3[C@H](C)CCC1[C@]32O. The molecule has 4 rings (SSSR count). The van der Waals surface area contributed by atoms with Gasteiger partial charge in [0.2, 0.25) is 0 Å². The molecule has 0 aromatic heterocycles. The summed E-state index contributed by atoms with van der Waals surface area (Å²) in [5.74, 6) is 1.91. The summed E-state index contributed by atoms with van der Waals surface area (Å²) < 4.78 is 18.9. The van der Waals surface area contributed by atoms with Crippen LogP contribution in [0.25, 0.3) is 0 Å². The Bertz CT molecular complexity index is 477. The Morgan fingerprint density at radius 2 is 1.62 bits per heavy atom. The van der Waals surface area contributed by atoms with Crippen molar-refractivity contribution in [1.82, 2.24) is 0 Å². The molecule has 4 fully saturated rings. The molecule has 2 saturated heterocycles. The van der Waals surface area contributed by atoms with Crippen LogP contribution in [-0.2, 0) is 14.2 Å². The zero-order valence-electron chi connectivity index (χ0n) is 16.9. The molecular formula is C22H38O4. The Hall–Kier alpha value is -0.160. The fraction of sp³-hybridized carbons (Fsp3) is 1.00. The van der Waals surface area contributed by atoms with Gasteiger partial charge in [-0.1, -0.05) is 33.1 Å². The van der Waals surface area contributed by atoms with Gasteiger partial charge in [0.25, 0.3) is 0 Å².